The van der Waals surface area contributed by atoms with Crippen LogP contribution in [-0.4, -0.2) is 21.9 Å². The van der Waals surface area contributed by atoms with Crippen molar-refractivity contribution in [3.05, 3.63) is 33.7 Å². The van der Waals surface area contributed by atoms with E-state index in [-0.39, 0.29) is 28.5 Å². The van der Waals surface area contributed by atoms with Gasteiger partial charge in [-0.3, -0.25) is 0 Å². The van der Waals surface area contributed by atoms with Gasteiger partial charge in [-0.1, -0.05) is 0 Å². The van der Waals surface area contributed by atoms with Crippen LogP contribution in [0.1, 0.15) is 17.7 Å². The maximum absolute atomic E-state index is 13.7. The first-order chi connectivity index (χ1) is 10.2. The van der Waals surface area contributed by atoms with Gasteiger partial charge in [0.15, 0.2) is 0 Å². The highest BCUT2D eigenvalue weighted by Crippen LogP contribution is 2.42. The molecule has 0 radical (unpaired) electrons. The summed E-state index contributed by atoms with van der Waals surface area (Å²) < 4.78 is 53.5. The number of rotatable bonds is 0. The average Bonchev–Trinajstić information content (AvgIpc) is 2.75. The molecule has 0 saturated carbocycles. The molecule has 2 aromatic rings. The van der Waals surface area contributed by atoms with Crippen LogP contribution in [-0.2, 0) is 12.8 Å². The zero-order chi connectivity index (χ0) is 16.2. The molecule has 0 amide bonds. The summed E-state index contributed by atoms with van der Waals surface area (Å²) in [4.78, 5) is 11.5. The number of aromatic nitrogens is 1. The molecule has 0 saturated heterocycles. The fraction of sp³-hybridized carbons (Fsp3) is 0.357. The van der Waals surface area contributed by atoms with E-state index in [1.165, 1.54) is 6.07 Å². The zero-order valence-corrected chi connectivity index (χ0v) is 12.6. The van der Waals surface area contributed by atoms with Crippen molar-refractivity contribution in [2.75, 3.05) is 0 Å². The number of nitrogens with zero attached hydrogens (tertiary/aromatic N) is 1. The van der Waals surface area contributed by atoms with Gasteiger partial charge >= 0.3 is 12.3 Å². The van der Waals surface area contributed by atoms with Crippen LogP contribution in [0.2, 0.25) is 0 Å². The monoisotopic (exact) mass is 379 g/mol. The van der Waals surface area contributed by atoms with Crippen LogP contribution < -0.4 is 0 Å². The van der Waals surface area contributed by atoms with Gasteiger partial charge in [0.1, 0.15) is 5.82 Å². The summed E-state index contributed by atoms with van der Waals surface area (Å²) in [5.41, 5.74) is 0.778. The molecule has 0 spiro atoms. The van der Waals surface area contributed by atoms with Crippen molar-refractivity contribution in [2.45, 2.75) is 25.4 Å². The SMILES string of the molecule is O=C(O)n1c2c(c3c(Br)c(F)ccc31)CCC(C(F)(F)F)C2. The van der Waals surface area contributed by atoms with Gasteiger partial charge in [0, 0.05) is 17.5 Å². The zero-order valence-electron chi connectivity index (χ0n) is 11.0. The lowest BCUT2D eigenvalue weighted by Crippen LogP contribution is -2.30. The predicted molar refractivity (Wildman–Crippen MR) is 74.6 cm³/mol. The van der Waals surface area contributed by atoms with Crippen molar-refractivity contribution < 1.29 is 27.5 Å². The van der Waals surface area contributed by atoms with Crippen LogP contribution in [0.4, 0.5) is 22.4 Å². The largest absolute Gasteiger partial charge is 0.464 e. The Kier molecular flexibility index (Phi) is 3.47. The van der Waals surface area contributed by atoms with Crippen LogP contribution in [0.15, 0.2) is 16.6 Å². The van der Waals surface area contributed by atoms with Gasteiger partial charge in [-0.15, -0.1) is 0 Å². The Labute approximate surface area is 130 Å². The van der Waals surface area contributed by atoms with Crippen LogP contribution in [0.25, 0.3) is 10.9 Å². The molecule has 8 heteroatoms. The van der Waals surface area contributed by atoms with Crippen molar-refractivity contribution >= 4 is 32.9 Å². The highest BCUT2D eigenvalue weighted by Gasteiger charge is 2.43. The molecule has 22 heavy (non-hydrogen) atoms. The van der Waals surface area contributed by atoms with Crippen molar-refractivity contribution in [1.29, 1.82) is 0 Å². The molecule has 1 N–H and O–H groups in total. The number of carboxylic acid groups (broad SMARTS) is 1. The molecule has 0 aliphatic heterocycles. The summed E-state index contributed by atoms with van der Waals surface area (Å²) in [6, 6.07) is 2.38. The molecule has 1 aromatic carbocycles. The van der Waals surface area contributed by atoms with E-state index in [1.54, 1.807) is 0 Å². The Morgan fingerprint density at radius 1 is 1.36 bits per heavy atom. The molecule has 1 atom stereocenters. The number of hydrogen-bond donors (Lipinski definition) is 1. The third kappa shape index (κ3) is 2.20. The van der Waals surface area contributed by atoms with E-state index in [0.29, 0.717) is 10.9 Å². The number of carbonyl (C=O) groups is 1. The molecule has 0 fully saturated rings. The van der Waals surface area contributed by atoms with Crippen LogP contribution >= 0.6 is 15.9 Å². The Bertz CT molecular complexity index is 781. The summed E-state index contributed by atoms with van der Waals surface area (Å²) in [6.45, 7) is 0. The number of benzene rings is 1. The first kappa shape index (κ1) is 15.3. The summed E-state index contributed by atoms with van der Waals surface area (Å²) in [5, 5.41) is 9.70. The first-order valence-electron chi connectivity index (χ1n) is 6.52. The van der Waals surface area contributed by atoms with Gasteiger partial charge in [0.05, 0.1) is 15.9 Å². The van der Waals surface area contributed by atoms with E-state index >= 15 is 0 Å². The third-order valence-electron chi connectivity index (χ3n) is 4.07. The molecule has 1 aliphatic carbocycles. The molecule has 1 aromatic heterocycles. The number of alkyl halides is 3. The Hall–Kier alpha value is -1.57. The van der Waals surface area contributed by atoms with Gasteiger partial charge in [-0.2, -0.15) is 13.2 Å². The van der Waals surface area contributed by atoms with Crippen LogP contribution in [0.3, 0.4) is 0 Å². The smallest absolute Gasteiger partial charge is 0.416 e. The minimum Gasteiger partial charge on any atom is -0.464 e. The summed E-state index contributed by atoms with van der Waals surface area (Å²) in [7, 11) is 0. The summed E-state index contributed by atoms with van der Waals surface area (Å²) in [5.74, 6) is -2.15. The fourth-order valence-electron chi connectivity index (χ4n) is 3.07. The topological polar surface area (TPSA) is 42.2 Å². The van der Waals surface area contributed by atoms with E-state index < -0.39 is 30.4 Å². The molecule has 3 nitrogen and oxygen atoms in total. The maximum atomic E-state index is 13.7. The lowest BCUT2D eigenvalue weighted by molar-refractivity contribution is -0.177. The second-order valence-electron chi connectivity index (χ2n) is 5.28. The molecule has 118 valence electrons. The van der Waals surface area contributed by atoms with Gasteiger partial charge in [0.2, 0.25) is 0 Å². The van der Waals surface area contributed by atoms with E-state index in [0.717, 1.165) is 10.6 Å². The molecule has 1 unspecified atom stereocenters. The van der Waals surface area contributed by atoms with Crippen molar-refractivity contribution in [3.8, 4) is 0 Å². The fourth-order valence-corrected chi connectivity index (χ4v) is 3.65. The van der Waals surface area contributed by atoms with Crippen LogP contribution in [0.5, 0.6) is 0 Å². The lowest BCUT2D eigenvalue weighted by Gasteiger charge is -2.25. The minimum absolute atomic E-state index is 0.0678. The number of aryl methyl sites for hydroxylation is 1. The highest BCUT2D eigenvalue weighted by atomic mass is 79.9. The molecule has 1 aliphatic rings. The molecular formula is C14H10BrF4NO2. The summed E-state index contributed by atoms with van der Waals surface area (Å²) >= 11 is 3.07. The van der Waals surface area contributed by atoms with Gasteiger partial charge in [0.25, 0.3) is 0 Å². The predicted octanol–water partition coefficient (Wildman–Crippen LogP) is 4.74. The maximum Gasteiger partial charge on any atom is 0.416 e. The lowest BCUT2D eigenvalue weighted by atomic mass is 9.86. The van der Waals surface area contributed by atoms with E-state index in [2.05, 4.69) is 15.9 Å². The highest BCUT2D eigenvalue weighted by molar-refractivity contribution is 9.10. The normalized spacial score (nSPS) is 18.5. The number of hydrogen-bond acceptors (Lipinski definition) is 1. The number of halogens is 5. The Balaban J connectivity index is 2.28. The molecule has 0 bridgehead atoms. The Morgan fingerprint density at radius 3 is 2.64 bits per heavy atom. The van der Waals surface area contributed by atoms with Gasteiger partial charge in [-0.25, -0.2) is 13.8 Å². The van der Waals surface area contributed by atoms with Crippen molar-refractivity contribution in [1.82, 2.24) is 4.57 Å². The molecular weight excluding hydrogens is 370 g/mol. The van der Waals surface area contributed by atoms with Gasteiger partial charge in [-0.05, 0) is 46.5 Å². The van der Waals surface area contributed by atoms with E-state index in [4.69, 9.17) is 0 Å². The molecule has 1 heterocycles. The van der Waals surface area contributed by atoms with E-state index in [1.807, 2.05) is 0 Å². The first-order valence-corrected chi connectivity index (χ1v) is 7.31. The minimum atomic E-state index is -4.38. The standard InChI is InChI=1S/C14H10BrF4NO2/c15-12-8(16)3-4-9-11(12)7-2-1-6(14(17,18)19)5-10(7)20(9)13(21)22/h3-4,6H,1-2,5H2,(H,21,22). The van der Waals surface area contributed by atoms with Crippen molar-refractivity contribution in [3.63, 3.8) is 0 Å². The second kappa shape index (κ2) is 4.97. The quantitative estimate of drug-likeness (QED) is 0.672. The van der Waals surface area contributed by atoms with Gasteiger partial charge < -0.3 is 5.11 Å². The molecule has 3 rings (SSSR count). The Morgan fingerprint density at radius 2 is 2.05 bits per heavy atom. The van der Waals surface area contributed by atoms with Crippen molar-refractivity contribution in [2.24, 2.45) is 5.92 Å². The van der Waals surface area contributed by atoms with Crippen LogP contribution in [0, 0.1) is 11.7 Å². The number of fused-ring (bicyclic) bond motifs is 3. The van der Waals surface area contributed by atoms with E-state index in [9.17, 15) is 27.5 Å². The average molecular weight is 380 g/mol. The summed E-state index contributed by atoms with van der Waals surface area (Å²) in [6.07, 6.45) is -6.21. The second-order valence-corrected chi connectivity index (χ2v) is 6.07. The third-order valence-corrected chi connectivity index (χ3v) is 4.85.